The molecule has 3 nitrogen and oxygen atoms in total. The SMILES string of the molecule is CCCCCCCCCCCC[Si](C)(C)O[SiH](OC)OC. The zero-order valence-electron chi connectivity index (χ0n) is 15.1. The monoisotopic (exact) mass is 334 g/mol. The zero-order chi connectivity index (χ0) is 16.0. The predicted octanol–water partition coefficient (Wildman–Crippen LogP) is 5.14. The minimum atomic E-state index is -1.84. The fourth-order valence-corrected chi connectivity index (χ4v) is 7.17. The van der Waals surface area contributed by atoms with Gasteiger partial charge in [-0.05, 0) is 19.1 Å². The lowest BCUT2D eigenvalue weighted by molar-refractivity contribution is 0.198. The standard InChI is InChI=1S/C16H38O3Si2/c1-6-7-8-9-10-11-12-13-14-15-16-21(4,5)19-20(17-2)18-3/h20H,6-16H2,1-5H3. The lowest BCUT2D eigenvalue weighted by atomic mass is 10.1. The van der Waals surface area contributed by atoms with E-state index >= 15 is 0 Å². The van der Waals surface area contributed by atoms with Crippen LogP contribution in [0.25, 0.3) is 0 Å². The minimum Gasteiger partial charge on any atom is -0.418 e. The number of rotatable bonds is 15. The van der Waals surface area contributed by atoms with Crippen LogP contribution in [-0.4, -0.2) is 32.1 Å². The molecule has 0 saturated heterocycles. The first-order valence-electron chi connectivity index (χ1n) is 8.79. The summed E-state index contributed by atoms with van der Waals surface area (Å²) in [5.74, 6) is 0. The summed E-state index contributed by atoms with van der Waals surface area (Å²) in [7, 11) is -0.0548. The Hall–Kier alpha value is 0.314. The predicted molar refractivity (Wildman–Crippen MR) is 96.4 cm³/mol. The summed E-state index contributed by atoms with van der Waals surface area (Å²) < 4.78 is 16.6. The molecule has 0 aromatic rings. The van der Waals surface area contributed by atoms with Gasteiger partial charge in [0, 0.05) is 14.2 Å². The highest BCUT2D eigenvalue weighted by molar-refractivity contribution is 6.76. The third-order valence-electron chi connectivity index (χ3n) is 3.93. The van der Waals surface area contributed by atoms with Crippen LogP contribution in [0.4, 0.5) is 0 Å². The van der Waals surface area contributed by atoms with Crippen LogP contribution >= 0.6 is 0 Å². The van der Waals surface area contributed by atoms with E-state index in [0.29, 0.717) is 0 Å². The molecule has 21 heavy (non-hydrogen) atoms. The van der Waals surface area contributed by atoms with Crippen LogP contribution in [0, 0.1) is 0 Å². The van der Waals surface area contributed by atoms with Crippen molar-refractivity contribution in [3.63, 3.8) is 0 Å². The molecular formula is C16H38O3Si2. The van der Waals surface area contributed by atoms with Gasteiger partial charge in [0.15, 0.2) is 8.32 Å². The van der Waals surface area contributed by atoms with Crippen LogP contribution in [0.1, 0.15) is 71.1 Å². The third kappa shape index (κ3) is 13.7. The molecule has 0 aliphatic rings. The van der Waals surface area contributed by atoms with Crippen molar-refractivity contribution >= 4 is 17.8 Å². The molecule has 0 amide bonds. The first kappa shape index (κ1) is 21.3. The number of unbranched alkanes of at least 4 members (excludes halogenated alkanes) is 9. The molecule has 0 saturated carbocycles. The summed E-state index contributed by atoms with van der Waals surface area (Å²) in [6.45, 7) is 6.83. The van der Waals surface area contributed by atoms with Gasteiger partial charge in [-0.15, -0.1) is 0 Å². The van der Waals surface area contributed by atoms with E-state index in [1.54, 1.807) is 14.2 Å². The van der Waals surface area contributed by atoms with Gasteiger partial charge in [-0.25, -0.2) is 0 Å². The Morgan fingerprint density at radius 1 is 0.714 bits per heavy atom. The van der Waals surface area contributed by atoms with E-state index in [2.05, 4.69) is 20.0 Å². The quantitative estimate of drug-likeness (QED) is 0.306. The smallest absolute Gasteiger partial charge is 0.418 e. The maximum atomic E-state index is 6.05. The molecule has 0 rings (SSSR count). The fourth-order valence-electron chi connectivity index (χ4n) is 2.55. The van der Waals surface area contributed by atoms with Crippen LogP contribution in [0.2, 0.25) is 19.1 Å². The second kappa shape index (κ2) is 13.9. The Bertz CT molecular complexity index is 222. The lowest BCUT2D eigenvalue weighted by Crippen LogP contribution is -2.40. The van der Waals surface area contributed by atoms with Crippen LogP contribution in [-0.2, 0) is 13.0 Å². The van der Waals surface area contributed by atoms with E-state index in [4.69, 9.17) is 13.0 Å². The maximum Gasteiger partial charge on any atom is 0.473 e. The Labute approximate surface area is 135 Å². The minimum absolute atomic E-state index is 1.22. The zero-order valence-corrected chi connectivity index (χ0v) is 17.2. The summed E-state index contributed by atoms with van der Waals surface area (Å²) in [6.07, 6.45) is 13.9. The van der Waals surface area contributed by atoms with Crippen LogP contribution < -0.4 is 0 Å². The van der Waals surface area contributed by atoms with Crippen molar-refractivity contribution < 1.29 is 13.0 Å². The van der Waals surface area contributed by atoms with Crippen molar-refractivity contribution in [2.24, 2.45) is 0 Å². The third-order valence-corrected chi connectivity index (χ3v) is 9.58. The molecular weight excluding hydrogens is 296 g/mol. The highest BCUT2D eigenvalue weighted by atomic mass is 28.4. The van der Waals surface area contributed by atoms with Gasteiger partial charge >= 0.3 is 9.53 Å². The molecule has 0 unspecified atom stereocenters. The van der Waals surface area contributed by atoms with E-state index in [1.165, 1.54) is 70.3 Å². The normalized spacial score (nSPS) is 12.3. The van der Waals surface area contributed by atoms with Crippen LogP contribution in [0.3, 0.4) is 0 Å². The average molecular weight is 335 g/mol. The molecule has 0 radical (unpaired) electrons. The van der Waals surface area contributed by atoms with Crippen molar-refractivity contribution in [2.45, 2.75) is 90.3 Å². The molecule has 0 aliphatic heterocycles. The van der Waals surface area contributed by atoms with Crippen LogP contribution in [0.15, 0.2) is 0 Å². The summed E-state index contributed by atoms with van der Waals surface area (Å²) in [6, 6.07) is 1.22. The number of hydrogen-bond acceptors (Lipinski definition) is 3. The molecule has 128 valence electrons. The van der Waals surface area contributed by atoms with Crippen molar-refractivity contribution in [1.29, 1.82) is 0 Å². The largest absolute Gasteiger partial charge is 0.473 e. The molecule has 0 atom stereocenters. The molecule has 0 heterocycles. The fraction of sp³-hybridized carbons (Fsp3) is 1.00. The van der Waals surface area contributed by atoms with Crippen molar-refractivity contribution in [1.82, 2.24) is 0 Å². The topological polar surface area (TPSA) is 27.7 Å². The van der Waals surface area contributed by atoms with Gasteiger partial charge in [-0.2, -0.15) is 0 Å². The van der Waals surface area contributed by atoms with Crippen LogP contribution in [0.5, 0.6) is 0 Å². The molecule has 0 aromatic carbocycles. The average Bonchev–Trinajstić information content (AvgIpc) is 2.46. The molecule has 0 spiro atoms. The van der Waals surface area contributed by atoms with E-state index < -0.39 is 17.8 Å². The van der Waals surface area contributed by atoms with Crippen molar-refractivity contribution in [2.75, 3.05) is 14.2 Å². The number of hydrogen-bond donors (Lipinski definition) is 0. The highest BCUT2D eigenvalue weighted by Gasteiger charge is 2.27. The molecule has 0 aliphatic carbocycles. The summed E-state index contributed by atoms with van der Waals surface area (Å²) in [4.78, 5) is 0. The molecule has 0 aromatic heterocycles. The summed E-state index contributed by atoms with van der Waals surface area (Å²) >= 11 is 0. The molecule has 5 heteroatoms. The van der Waals surface area contributed by atoms with Gasteiger partial charge in [0.2, 0.25) is 0 Å². The Morgan fingerprint density at radius 2 is 1.14 bits per heavy atom. The summed E-state index contributed by atoms with van der Waals surface area (Å²) in [5.41, 5.74) is 0. The highest BCUT2D eigenvalue weighted by Crippen LogP contribution is 2.19. The van der Waals surface area contributed by atoms with Gasteiger partial charge in [0.1, 0.15) is 0 Å². The van der Waals surface area contributed by atoms with E-state index in [1.807, 2.05) is 0 Å². The van der Waals surface area contributed by atoms with E-state index in [0.717, 1.165) is 0 Å². The van der Waals surface area contributed by atoms with Gasteiger partial charge in [0.25, 0.3) is 0 Å². The van der Waals surface area contributed by atoms with Gasteiger partial charge < -0.3 is 13.0 Å². The van der Waals surface area contributed by atoms with Gasteiger partial charge in [0.05, 0.1) is 0 Å². The van der Waals surface area contributed by atoms with Gasteiger partial charge in [-0.1, -0.05) is 71.1 Å². The van der Waals surface area contributed by atoms with E-state index in [-0.39, 0.29) is 0 Å². The van der Waals surface area contributed by atoms with Crippen molar-refractivity contribution in [3.05, 3.63) is 0 Å². The Morgan fingerprint density at radius 3 is 1.57 bits per heavy atom. The van der Waals surface area contributed by atoms with Gasteiger partial charge in [-0.3, -0.25) is 0 Å². The Kier molecular flexibility index (Phi) is 14.1. The molecule has 0 fully saturated rings. The first-order chi connectivity index (χ1) is 10.1. The van der Waals surface area contributed by atoms with E-state index in [9.17, 15) is 0 Å². The molecule has 0 N–H and O–H groups in total. The Balaban J connectivity index is 3.44. The molecule has 0 bridgehead atoms. The second-order valence-corrected chi connectivity index (χ2v) is 13.1. The van der Waals surface area contributed by atoms with Crippen molar-refractivity contribution in [3.8, 4) is 0 Å². The second-order valence-electron chi connectivity index (χ2n) is 6.57. The first-order valence-corrected chi connectivity index (χ1v) is 13.3. The summed E-state index contributed by atoms with van der Waals surface area (Å²) in [5, 5.41) is 0. The lowest BCUT2D eigenvalue weighted by Gasteiger charge is -2.26. The maximum absolute atomic E-state index is 6.05.